The van der Waals surface area contributed by atoms with E-state index in [-0.39, 0.29) is 0 Å². The quantitative estimate of drug-likeness (QED) is 0.289. The molecular weight excluding hydrogens is 408 g/mol. The van der Waals surface area contributed by atoms with Gasteiger partial charge in [0, 0.05) is 0 Å². The molecule has 0 bridgehead atoms. The van der Waals surface area contributed by atoms with Crippen LogP contribution in [0.3, 0.4) is 0 Å². The third kappa shape index (κ3) is 4.50. The number of benzene rings is 4. The van der Waals surface area contributed by atoms with Gasteiger partial charge in [-0.15, -0.1) is 0 Å². The number of fused-ring (bicyclic) bond motifs is 1. The summed E-state index contributed by atoms with van der Waals surface area (Å²) < 4.78 is 0. The summed E-state index contributed by atoms with van der Waals surface area (Å²) in [5.41, 5.74) is 16.6. The molecule has 1 aliphatic carbocycles. The third-order valence-electron chi connectivity index (χ3n) is 7.11. The van der Waals surface area contributed by atoms with Gasteiger partial charge in [-0.1, -0.05) is 120 Å². The molecule has 0 N–H and O–H groups in total. The van der Waals surface area contributed by atoms with Crippen LogP contribution in [0.2, 0.25) is 0 Å². The summed E-state index contributed by atoms with van der Waals surface area (Å²) in [5, 5.41) is 0. The first kappa shape index (κ1) is 22.4. The summed E-state index contributed by atoms with van der Waals surface area (Å²) in [6, 6.07) is 29.5. The van der Waals surface area contributed by atoms with Crippen LogP contribution in [0.25, 0.3) is 28.3 Å². The Balaban J connectivity index is 1.61. The van der Waals surface area contributed by atoms with Gasteiger partial charge in [0.1, 0.15) is 0 Å². The maximum Gasteiger partial charge on any atom is -0.00512 e. The second-order valence-corrected chi connectivity index (χ2v) is 10.3. The zero-order chi connectivity index (χ0) is 23.8. The number of allylic oxidation sites excluding steroid dienone is 1. The van der Waals surface area contributed by atoms with Crippen LogP contribution >= 0.6 is 0 Å². The highest BCUT2D eigenvalue weighted by molar-refractivity contribution is 5.87. The summed E-state index contributed by atoms with van der Waals surface area (Å²) in [5.74, 6) is 0.510. The summed E-state index contributed by atoms with van der Waals surface area (Å²) in [4.78, 5) is 0. The summed E-state index contributed by atoms with van der Waals surface area (Å²) in [7, 11) is 0. The lowest BCUT2D eigenvalue weighted by Crippen LogP contribution is -1.97. The molecule has 34 heavy (non-hydrogen) atoms. The van der Waals surface area contributed by atoms with E-state index in [0.717, 1.165) is 12.8 Å². The zero-order valence-corrected chi connectivity index (χ0v) is 21.1. The van der Waals surface area contributed by atoms with E-state index in [1.54, 1.807) is 0 Å². The molecule has 0 aromatic heterocycles. The van der Waals surface area contributed by atoms with Crippen molar-refractivity contribution in [2.45, 2.75) is 53.4 Å². The first-order valence-electron chi connectivity index (χ1n) is 12.4. The van der Waals surface area contributed by atoms with Gasteiger partial charge in [-0.05, 0) is 85.4 Å². The Bertz CT molecular complexity index is 1340. The second kappa shape index (κ2) is 9.11. The van der Waals surface area contributed by atoms with Crippen molar-refractivity contribution in [3.05, 3.63) is 123 Å². The average molecular weight is 443 g/mol. The lowest BCUT2D eigenvalue weighted by Gasteiger charge is -2.16. The second-order valence-electron chi connectivity index (χ2n) is 10.3. The maximum atomic E-state index is 2.49. The molecule has 1 atom stereocenters. The summed E-state index contributed by atoms with van der Waals surface area (Å²) in [6.45, 7) is 11.2. The van der Waals surface area contributed by atoms with Crippen molar-refractivity contribution in [1.82, 2.24) is 0 Å². The van der Waals surface area contributed by atoms with Gasteiger partial charge in [0.2, 0.25) is 0 Å². The molecule has 0 saturated heterocycles. The SMILES string of the molecule is Cc1cc(C)cc(-c2ccc(-c3cc(C)cc(C)c3)c3c2C=C(CC(C)c2ccccc2)C3)c1. The molecule has 170 valence electrons. The van der Waals surface area contributed by atoms with E-state index in [4.69, 9.17) is 0 Å². The Labute approximate surface area is 205 Å². The number of aryl methyl sites for hydroxylation is 4. The Morgan fingerprint density at radius 1 is 0.647 bits per heavy atom. The van der Waals surface area contributed by atoms with E-state index in [1.165, 1.54) is 66.8 Å². The van der Waals surface area contributed by atoms with Gasteiger partial charge in [-0.25, -0.2) is 0 Å². The normalized spacial score (nSPS) is 13.5. The molecule has 0 heterocycles. The van der Waals surface area contributed by atoms with E-state index in [1.807, 2.05) is 0 Å². The molecule has 1 unspecified atom stereocenters. The van der Waals surface area contributed by atoms with Crippen molar-refractivity contribution in [2.24, 2.45) is 0 Å². The molecule has 1 aliphatic rings. The molecule has 0 heteroatoms. The van der Waals surface area contributed by atoms with Crippen molar-refractivity contribution < 1.29 is 0 Å². The highest BCUT2D eigenvalue weighted by Crippen LogP contribution is 2.42. The van der Waals surface area contributed by atoms with Gasteiger partial charge in [0.25, 0.3) is 0 Å². The molecule has 5 rings (SSSR count). The molecule has 0 saturated carbocycles. The Hall–Kier alpha value is -3.38. The minimum atomic E-state index is 0.510. The lowest BCUT2D eigenvalue weighted by molar-refractivity contribution is 0.744. The molecule has 0 aliphatic heterocycles. The van der Waals surface area contributed by atoms with Crippen molar-refractivity contribution >= 4 is 6.08 Å². The molecule has 4 aromatic rings. The standard InChI is InChI=1S/C34H34/c1-22-13-23(2)16-29(15-22)31-11-12-32(30-17-24(3)14-25(4)18-30)34-21-27(20-33(31)34)19-26(5)28-9-7-6-8-10-28/h6-18,20,26H,19,21H2,1-5H3. The first-order chi connectivity index (χ1) is 16.4. The molecule has 0 spiro atoms. The Kier molecular flexibility index (Phi) is 6.00. The van der Waals surface area contributed by atoms with Gasteiger partial charge >= 0.3 is 0 Å². The van der Waals surface area contributed by atoms with Crippen LogP contribution < -0.4 is 0 Å². The van der Waals surface area contributed by atoms with Crippen LogP contribution in [-0.2, 0) is 6.42 Å². The first-order valence-corrected chi connectivity index (χ1v) is 12.4. The van der Waals surface area contributed by atoms with Gasteiger partial charge < -0.3 is 0 Å². The minimum Gasteiger partial charge on any atom is -0.0646 e. The van der Waals surface area contributed by atoms with Crippen molar-refractivity contribution in [3.63, 3.8) is 0 Å². The fourth-order valence-corrected chi connectivity index (χ4v) is 5.71. The molecular formula is C34H34. The lowest BCUT2D eigenvalue weighted by atomic mass is 9.88. The van der Waals surface area contributed by atoms with Crippen LogP contribution in [0.4, 0.5) is 0 Å². The molecule has 0 radical (unpaired) electrons. The third-order valence-corrected chi connectivity index (χ3v) is 7.11. The van der Waals surface area contributed by atoms with E-state index in [0.29, 0.717) is 5.92 Å². The van der Waals surface area contributed by atoms with Gasteiger partial charge in [0.05, 0.1) is 0 Å². The fraction of sp³-hybridized carbons (Fsp3) is 0.235. The maximum absolute atomic E-state index is 2.49. The smallest absolute Gasteiger partial charge is 0.00512 e. The Morgan fingerprint density at radius 2 is 1.18 bits per heavy atom. The highest BCUT2D eigenvalue weighted by Gasteiger charge is 2.23. The minimum absolute atomic E-state index is 0.510. The van der Waals surface area contributed by atoms with Crippen molar-refractivity contribution in [1.29, 1.82) is 0 Å². The number of hydrogen-bond donors (Lipinski definition) is 0. The van der Waals surface area contributed by atoms with Crippen LogP contribution in [-0.4, -0.2) is 0 Å². The molecule has 4 aromatic carbocycles. The molecule has 0 nitrogen and oxygen atoms in total. The van der Waals surface area contributed by atoms with Crippen LogP contribution in [0.1, 0.15) is 58.2 Å². The van der Waals surface area contributed by atoms with Crippen LogP contribution in [0.5, 0.6) is 0 Å². The summed E-state index contributed by atoms with van der Waals surface area (Å²) in [6.07, 6.45) is 4.62. The Morgan fingerprint density at radius 3 is 1.76 bits per heavy atom. The van der Waals surface area contributed by atoms with Gasteiger partial charge in [-0.2, -0.15) is 0 Å². The molecule has 0 fully saturated rings. The highest BCUT2D eigenvalue weighted by atomic mass is 14.3. The van der Waals surface area contributed by atoms with Crippen LogP contribution in [0, 0.1) is 27.7 Å². The number of rotatable bonds is 5. The topological polar surface area (TPSA) is 0 Å². The molecule has 0 amide bonds. The predicted molar refractivity (Wildman–Crippen MR) is 147 cm³/mol. The largest absolute Gasteiger partial charge is 0.0646 e. The van der Waals surface area contributed by atoms with E-state index in [2.05, 4.69) is 120 Å². The van der Waals surface area contributed by atoms with Crippen molar-refractivity contribution in [2.75, 3.05) is 0 Å². The predicted octanol–water partition coefficient (Wildman–Crippen LogP) is 9.39. The fourth-order valence-electron chi connectivity index (χ4n) is 5.71. The van der Waals surface area contributed by atoms with E-state index in [9.17, 15) is 0 Å². The van der Waals surface area contributed by atoms with Crippen molar-refractivity contribution in [3.8, 4) is 22.3 Å². The average Bonchev–Trinajstić information content (AvgIpc) is 3.21. The monoisotopic (exact) mass is 442 g/mol. The zero-order valence-electron chi connectivity index (χ0n) is 21.1. The summed E-state index contributed by atoms with van der Waals surface area (Å²) >= 11 is 0. The van der Waals surface area contributed by atoms with Gasteiger partial charge in [-0.3, -0.25) is 0 Å². The van der Waals surface area contributed by atoms with E-state index < -0.39 is 0 Å². The van der Waals surface area contributed by atoms with Crippen LogP contribution in [0.15, 0.2) is 84.4 Å². The van der Waals surface area contributed by atoms with E-state index >= 15 is 0 Å². The number of hydrogen-bond acceptors (Lipinski definition) is 0. The van der Waals surface area contributed by atoms with Gasteiger partial charge in [0.15, 0.2) is 0 Å².